The fraction of sp³-hybridized carbons (Fsp3) is 0.267. The lowest BCUT2D eigenvalue weighted by atomic mass is 10.1. The Morgan fingerprint density at radius 1 is 1.23 bits per heavy atom. The van der Waals surface area contributed by atoms with Gasteiger partial charge in [-0.05, 0) is 31.6 Å². The van der Waals surface area contributed by atoms with E-state index >= 15 is 0 Å². The maximum absolute atomic E-state index is 11.3. The van der Waals surface area contributed by atoms with E-state index in [4.69, 9.17) is 21.1 Å². The molecule has 1 N–H and O–H groups in total. The van der Waals surface area contributed by atoms with E-state index in [-0.39, 0.29) is 11.8 Å². The Labute approximate surface area is 133 Å². The van der Waals surface area contributed by atoms with Gasteiger partial charge in [0.1, 0.15) is 0 Å². The van der Waals surface area contributed by atoms with Crippen molar-refractivity contribution in [3.63, 3.8) is 0 Å². The molecule has 0 unspecified atom stereocenters. The summed E-state index contributed by atoms with van der Waals surface area (Å²) in [6.45, 7) is 3.92. The average molecular weight is 325 g/mol. The molecule has 0 saturated carbocycles. The normalized spacial score (nSPS) is 11.3. The number of hydrogen-bond acceptors (Lipinski definition) is 6. The van der Waals surface area contributed by atoms with E-state index in [0.717, 1.165) is 0 Å². The number of para-hydroxylation sites is 1. The fourth-order valence-electron chi connectivity index (χ4n) is 1.44. The minimum Gasteiger partial charge on any atom is -0.463 e. The fourth-order valence-corrected chi connectivity index (χ4v) is 1.53. The molecule has 0 atom stereocenters. The van der Waals surface area contributed by atoms with Crippen molar-refractivity contribution in [3.8, 4) is 0 Å². The van der Waals surface area contributed by atoms with Gasteiger partial charge in [-0.1, -0.05) is 29.8 Å². The zero-order valence-electron chi connectivity index (χ0n) is 12.3. The molecular formula is C15H17ClN2O4. The van der Waals surface area contributed by atoms with Crippen LogP contribution < -0.4 is 5.43 Å². The quantitative estimate of drug-likeness (QED) is 0.361. The lowest BCUT2D eigenvalue weighted by Gasteiger charge is -2.05. The van der Waals surface area contributed by atoms with Crippen molar-refractivity contribution < 1.29 is 19.1 Å². The molecule has 22 heavy (non-hydrogen) atoms. The number of carbonyl (C=O) groups is 2. The summed E-state index contributed by atoms with van der Waals surface area (Å²) in [6.07, 6.45) is 2.88. The van der Waals surface area contributed by atoms with Gasteiger partial charge in [0.2, 0.25) is 5.17 Å². The van der Waals surface area contributed by atoms with Crippen LogP contribution in [0.3, 0.4) is 0 Å². The highest BCUT2D eigenvalue weighted by Gasteiger charge is 2.09. The molecule has 0 aromatic heterocycles. The average Bonchev–Trinajstić information content (AvgIpc) is 2.51. The molecule has 0 radical (unpaired) electrons. The Morgan fingerprint density at radius 2 is 1.91 bits per heavy atom. The first-order valence-corrected chi connectivity index (χ1v) is 7.06. The number of ether oxygens (including phenoxy) is 2. The second-order valence-corrected chi connectivity index (χ2v) is 4.27. The Bertz CT molecular complexity index is 585. The topological polar surface area (TPSA) is 77.0 Å². The Morgan fingerprint density at radius 3 is 2.59 bits per heavy atom. The predicted molar refractivity (Wildman–Crippen MR) is 85.7 cm³/mol. The maximum Gasteiger partial charge on any atom is 0.370 e. The van der Waals surface area contributed by atoms with Crippen LogP contribution in [0.2, 0.25) is 0 Å². The third kappa shape index (κ3) is 5.97. The summed E-state index contributed by atoms with van der Waals surface area (Å²) in [5.74, 6) is -1.15. The van der Waals surface area contributed by atoms with Crippen LogP contribution in [-0.2, 0) is 19.1 Å². The number of esters is 2. The molecule has 0 saturated heterocycles. The van der Waals surface area contributed by atoms with Crippen LogP contribution in [0.15, 0.2) is 35.4 Å². The van der Waals surface area contributed by atoms with Crippen molar-refractivity contribution in [2.24, 2.45) is 5.10 Å². The molecule has 0 heterocycles. The molecule has 0 spiro atoms. The van der Waals surface area contributed by atoms with Gasteiger partial charge in [0.25, 0.3) is 0 Å². The number of nitrogens with one attached hydrogen (secondary N) is 1. The van der Waals surface area contributed by atoms with E-state index in [2.05, 4.69) is 10.5 Å². The number of rotatable bonds is 7. The lowest BCUT2D eigenvalue weighted by molar-refractivity contribution is -0.137. The van der Waals surface area contributed by atoms with E-state index in [1.807, 2.05) is 0 Å². The van der Waals surface area contributed by atoms with Crippen molar-refractivity contribution in [1.29, 1.82) is 0 Å². The third-order valence-electron chi connectivity index (χ3n) is 2.36. The smallest absolute Gasteiger partial charge is 0.370 e. The Hall–Kier alpha value is -2.34. The minimum absolute atomic E-state index is 0.212. The number of hydrazone groups is 1. The van der Waals surface area contributed by atoms with Gasteiger partial charge in [-0.2, -0.15) is 5.10 Å². The summed E-state index contributed by atoms with van der Waals surface area (Å²) in [6, 6.07) is 7.07. The molecule has 0 amide bonds. The molecule has 0 aliphatic heterocycles. The summed E-state index contributed by atoms with van der Waals surface area (Å²) in [5.41, 5.74) is 3.92. The van der Waals surface area contributed by atoms with Gasteiger partial charge in [0.15, 0.2) is 0 Å². The molecule has 0 aliphatic rings. The van der Waals surface area contributed by atoms with Crippen molar-refractivity contribution in [3.05, 3.63) is 35.9 Å². The summed E-state index contributed by atoms with van der Waals surface area (Å²) in [4.78, 5) is 22.7. The Kier molecular flexibility index (Phi) is 7.70. The maximum atomic E-state index is 11.3. The number of carbonyl (C=O) groups excluding carboxylic acids is 2. The van der Waals surface area contributed by atoms with Gasteiger partial charge < -0.3 is 9.47 Å². The van der Waals surface area contributed by atoms with Crippen molar-refractivity contribution >= 4 is 40.5 Å². The number of hydrogen-bond donors (Lipinski definition) is 1. The van der Waals surface area contributed by atoms with Gasteiger partial charge in [-0.25, -0.2) is 9.59 Å². The molecular weight excluding hydrogens is 308 g/mol. The van der Waals surface area contributed by atoms with Gasteiger partial charge in [-0.15, -0.1) is 0 Å². The van der Waals surface area contributed by atoms with E-state index < -0.39 is 11.9 Å². The number of halogens is 1. The number of anilines is 1. The van der Waals surface area contributed by atoms with Crippen LogP contribution in [-0.4, -0.2) is 30.3 Å². The van der Waals surface area contributed by atoms with E-state index in [1.165, 1.54) is 6.08 Å². The summed E-state index contributed by atoms with van der Waals surface area (Å²) in [7, 11) is 0. The molecule has 1 rings (SSSR count). The van der Waals surface area contributed by atoms with Crippen LogP contribution in [0, 0.1) is 0 Å². The first-order valence-electron chi connectivity index (χ1n) is 6.68. The van der Waals surface area contributed by atoms with Crippen LogP contribution in [0.25, 0.3) is 6.08 Å². The second-order valence-electron chi connectivity index (χ2n) is 3.91. The van der Waals surface area contributed by atoms with E-state index in [1.54, 1.807) is 44.2 Å². The Balaban J connectivity index is 2.82. The first-order chi connectivity index (χ1) is 10.6. The highest BCUT2D eigenvalue weighted by Crippen LogP contribution is 2.17. The van der Waals surface area contributed by atoms with E-state index in [9.17, 15) is 9.59 Å². The van der Waals surface area contributed by atoms with E-state index in [0.29, 0.717) is 17.9 Å². The van der Waals surface area contributed by atoms with Crippen molar-refractivity contribution in [1.82, 2.24) is 0 Å². The van der Waals surface area contributed by atoms with Crippen LogP contribution in [0.1, 0.15) is 19.4 Å². The highest BCUT2D eigenvalue weighted by molar-refractivity contribution is 6.82. The zero-order chi connectivity index (χ0) is 16.4. The SMILES string of the molecule is CCOC(=O)/C=C/c1ccccc1N/N=C(/Cl)C(=O)OCC. The second kappa shape index (κ2) is 9.57. The lowest BCUT2D eigenvalue weighted by Crippen LogP contribution is -2.13. The zero-order valence-corrected chi connectivity index (χ0v) is 13.1. The molecule has 0 bridgehead atoms. The largest absolute Gasteiger partial charge is 0.463 e. The third-order valence-corrected chi connectivity index (χ3v) is 2.60. The molecule has 0 aliphatic carbocycles. The summed E-state index contributed by atoms with van der Waals surface area (Å²) in [5, 5.41) is 3.43. The van der Waals surface area contributed by atoms with Crippen LogP contribution in [0.4, 0.5) is 5.69 Å². The van der Waals surface area contributed by atoms with Gasteiger partial charge in [-0.3, -0.25) is 5.43 Å². The summed E-state index contributed by atoms with van der Waals surface area (Å²) >= 11 is 5.70. The van der Waals surface area contributed by atoms with Crippen molar-refractivity contribution in [2.75, 3.05) is 18.6 Å². The highest BCUT2D eigenvalue weighted by atomic mass is 35.5. The first kappa shape index (κ1) is 17.7. The molecule has 0 fully saturated rings. The molecule has 7 heteroatoms. The van der Waals surface area contributed by atoms with Crippen LogP contribution in [0.5, 0.6) is 0 Å². The standard InChI is InChI=1S/C15H17ClN2O4/c1-3-21-13(19)10-9-11-7-5-6-8-12(11)17-18-14(16)15(20)22-4-2/h5-10,17H,3-4H2,1-2H3/b10-9+,18-14+. The van der Waals surface area contributed by atoms with Gasteiger partial charge >= 0.3 is 11.9 Å². The summed E-state index contributed by atoms with van der Waals surface area (Å²) < 4.78 is 9.52. The van der Waals surface area contributed by atoms with Gasteiger partial charge in [0, 0.05) is 6.08 Å². The van der Waals surface area contributed by atoms with Gasteiger partial charge in [0.05, 0.1) is 18.9 Å². The monoisotopic (exact) mass is 324 g/mol. The minimum atomic E-state index is -0.712. The molecule has 1 aromatic rings. The number of benzene rings is 1. The molecule has 6 nitrogen and oxygen atoms in total. The number of nitrogens with zero attached hydrogens (tertiary/aromatic N) is 1. The predicted octanol–water partition coefficient (Wildman–Crippen LogP) is 2.79. The van der Waals surface area contributed by atoms with Crippen LogP contribution >= 0.6 is 11.6 Å². The van der Waals surface area contributed by atoms with Crippen molar-refractivity contribution in [2.45, 2.75) is 13.8 Å². The molecule has 118 valence electrons. The molecule has 1 aromatic carbocycles.